The molecule has 0 amide bonds. The van der Waals surface area contributed by atoms with Crippen molar-refractivity contribution >= 4 is 41.7 Å². The van der Waals surface area contributed by atoms with E-state index in [0.717, 1.165) is 36.5 Å². The molecule has 0 aliphatic heterocycles. The van der Waals surface area contributed by atoms with Gasteiger partial charge in [-0.05, 0) is 57.0 Å². The second kappa shape index (κ2) is 12.8. The van der Waals surface area contributed by atoms with Crippen molar-refractivity contribution in [1.29, 1.82) is 0 Å². The molecule has 1 heterocycles. The Morgan fingerprint density at radius 1 is 1.27 bits per heavy atom. The summed E-state index contributed by atoms with van der Waals surface area (Å²) in [6.45, 7) is 5.78. The second-order valence-corrected chi connectivity index (χ2v) is 7.92. The summed E-state index contributed by atoms with van der Waals surface area (Å²) in [7, 11) is 1.99. The number of rotatable bonds is 8. The third kappa shape index (κ3) is 7.62. The van der Waals surface area contributed by atoms with Crippen LogP contribution in [0.25, 0.3) is 0 Å². The van der Waals surface area contributed by atoms with Gasteiger partial charge in [0.1, 0.15) is 12.4 Å². The van der Waals surface area contributed by atoms with Gasteiger partial charge in [-0.2, -0.15) is 11.8 Å². The van der Waals surface area contributed by atoms with E-state index in [-0.39, 0.29) is 24.0 Å². The summed E-state index contributed by atoms with van der Waals surface area (Å²) in [5, 5.41) is 15.5. The lowest BCUT2D eigenvalue weighted by Gasteiger charge is -2.29. The number of aromatic nitrogens is 3. The first kappa shape index (κ1) is 23.5. The number of aliphatic imine (C=N–C) groups is 1. The van der Waals surface area contributed by atoms with Gasteiger partial charge in [-0.1, -0.05) is 13.3 Å². The summed E-state index contributed by atoms with van der Waals surface area (Å²) in [5.74, 6) is 4.82. The molecule has 0 saturated heterocycles. The molecule has 0 spiro atoms. The summed E-state index contributed by atoms with van der Waals surface area (Å²) in [6, 6.07) is 0.538. The number of hydrogen-bond acceptors (Lipinski definition) is 4. The standard InChI is InChI=1S/C18H34N6S.HI/c1-5-15-7-9-16(10-8-15)21-18(19-11-6-12-25-4)20-13-17-23-22-14(2)24(17)3;/h15-16H,5-13H2,1-4H3,(H2,19,20,21);1H. The van der Waals surface area contributed by atoms with Gasteiger partial charge < -0.3 is 15.2 Å². The van der Waals surface area contributed by atoms with Crippen LogP contribution in [0.5, 0.6) is 0 Å². The van der Waals surface area contributed by atoms with Crippen LogP contribution >= 0.6 is 35.7 Å². The first-order valence-corrected chi connectivity index (χ1v) is 10.9. The van der Waals surface area contributed by atoms with Crippen LogP contribution in [0.3, 0.4) is 0 Å². The minimum atomic E-state index is 0. The molecule has 1 aromatic rings. The highest BCUT2D eigenvalue weighted by atomic mass is 127. The monoisotopic (exact) mass is 494 g/mol. The smallest absolute Gasteiger partial charge is 0.191 e. The van der Waals surface area contributed by atoms with Crippen molar-refractivity contribution in [3.05, 3.63) is 11.6 Å². The van der Waals surface area contributed by atoms with Crippen molar-refractivity contribution in [2.75, 3.05) is 18.6 Å². The second-order valence-electron chi connectivity index (χ2n) is 6.93. The number of aryl methyl sites for hydroxylation is 1. The molecule has 0 unspecified atom stereocenters. The summed E-state index contributed by atoms with van der Waals surface area (Å²) in [4.78, 5) is 4.76. The number of thioether (sulfide) groups is 1. The summed E-state index contributed by atoms with van der Waals surface area (Å²) >= 11 is 1.88. The van der Waals surface area contributed by atoms with Crippen LogP contribution in [0.2, 0.25) is 0 Å². The molecule has 2 N–H and O–H groups in total. The molecule has 0 atom stereocenters. The van der Waals surface area contributed by atoms with Gasteiger partial charge in [0, 0.05) is 19.6 Å². The zero-order valence-electron chi connectivity index (χ0n) is 16.6. The molecule has 8 heteroatoms. The topological polar surface area (TPSA) is 67.1 Å². The van der Waals surface area contributed by atoms with Crippen molar-refractivity contribution in [2.24, 2.45) is 18.0 Å². The normalized spacial score (nSPS) is 20.5. The quantitative estimate of drug-likeness (QED) is 0.251. The van der Waals surface area contributed by atoms with E-state index in [4.69, 9.17) is 4.99 Å². The molecule has 1 fully saturated rings. The molecule has 1 aliphatic rings. The molecule has 1 aromatic heterocycles. The van der Waals surface area contributed by atoms with E-state index in [1.165, 1.54) is 37.9 Å². The van der Waals surface area contributed by atoms with E-state index in [9.17, 15) is 0 Å². The van der Waals surface area contributed by atoms with Crippen LogP contribution in [0.15, 0.2) is 4.99 Å². The Kier molecular flexibility index (Phi) is 11.6. The zero-order valence-corrected chi connectivity index (χ0v) is 19.8. The van der Waals surface area contributed by atoms with Crippen molar-refractivity contribution in [1.82, 2.24) is 25.4 Å². The van der Waals surface area contributed by atoms with Gasteiger partial charge in [-0.25, -0.2) is 4.99 Å². The number of guanidine groups is 1. The Hall–Kier alpha value is -0.510. The van der Waals surface area contributed by atoms with Crippen LogP contribution in [0.1, 0.15) is 57.1 Å². The maximum atomic E-state index is 4.76. The van der Waals surface area contributed by atoms with Crippen molar-refractivity contribution in [2.45, 2.75) is 65.0 Å². The molecular formula is C18H35IN6S. The minimum absolute atomic E-state index is 0. The molecule has 1 saturated carbocycles. The first-order valence-electron chi connectivity index (χ1n) is 9.52. The highest BCUT2D eigenvalue weighted by molar-refractivity contribution is 14.0. The van der Waals surface area contributed by atoms with E-state index >= 15 is 0 Å². The molecule has 150 valence electrons. The number of nitrogens with zero attached hydrogens (tertiary/aromatic N) is 4. The highest BCUT2D eigenvalue weighted by Gasteiger charge is 2.20. The molecular weight excluding hydrogens is 459 g/mol. The summed E-state index contributed by atoms with van der Waals surface area (Å²) in [6.07, 6.45) is 9.75. The van der Waals surface area contributed by atoms with Gasteiger partial charge in [0.2, 0.25) is 0 Å². The average molecular weight is 494 g/mol. The Morgan fingerprint density at radius 2 is 2.00 bits per heavy atom. The lowest BCUT2D eigenvalue weighted by Crippen LogP contribution is -2.45. The van der Waals surface area contributed by atoms with Crippen LogP contribution in [-0.2, 0) is 13.6 Å². The molecule has 0 radical (unpaired) electrons. The molecule has 0 aromatic carbocycles. The van der Waals surface area contributed by atoms with Gasteiger partial charge in [-0.3, -0.25) is 0 Å². The van der Waals surface area contributed by atoms with Crippen molar-refractivity contribution in [3.63, 3.8) is 0 Å². The lowest BCUT2D eigenvalue weighted by molar-refractivity contribution is 0.304. The van der Waals surface area contributed by atoms with Crippen molar-refractivity contribution in [3.8, 4) is 0 Å². The molecule has 1 aliphatic carbocycles. The van der Waals surface area contributed by atoms with Gasteiger partial charge in [0.15, 0.2) is 11.8 Å². The van der Waals surface area contributed by atoms with E-state index in [0.29, 0.717) is 12.6 Å². The lowest BCUT2D eigenvalue weighted by atomic mass is 9.84. The van der Waals surface area contributed by atoms with E-state index in [1.54, 1.807) is 0 Å². The summed E-state index contributed by atoms with van der Waals surface area (Å²) < 4.78 is 2.00. The van der Waals surface area contributed by atoms with E-state index in [1.807, 2.05) is 30.3 Å². The third-order valence-electron chi connectivity index (χ3n) is 5.14. The van der Waals surface area contributed by atoms with Gasteiger partial charge in [0.05, 0.1) is 0 Å². The Morgan fingerprint density at radius 3 is 2.58 bits per heavy atom. The van der Waals surface area contributed by atoms with Gasteiger partial charge >= 0.3 is 0 Å². The Balaban J connectivity index is 0.00000338. The molecule has 6 nitrogen and oxygen atoms in total. The average Bonchev–Trinajstić information content (AvgIpc) is 2.95. The highest BCUT2D eigenvalue weighted by Crippen LogP contribution is 2.26. The fourth-order valence-electron chi connectivity index (χ4n) is 3.22. The number of hydrogen-bond donors (Lipinski definition) is 2. The summed E-state index contributed by atoms with van der Waals surface area (Å²) in [5.41, 5.74) is 0. The van der Waals surface area contributed by atoms with E-state index in [2.05, 4.69) is 34.0 Å². The predicted octanol–water partition coefficient (Wildman–Crippen LogP) is 3.50. The Bertz CT molecular complexity index is 540. The van der Waals surface area contributed by atoms with Crippen LogP contribution in [0.4, 0.5) is 0 Å². The zero-order chi connectivity index (χ0) is 18.1. The van der Waals surface area contributed by atoms with Gasteiger partial charge in [0.25, 0.3) is 0 Å². The fourth-order valence-corrected chi connectivity index (χ4v) is 3.66. The van der Waals surface area contributed by atoms with Crippen LogP contribution in [-0.4, -0.2) is 45.3 Å². The Labute approximate surface area is 179 Å². The number of nitrogens with one attached hydrogen (secondary N) is 2. The first-order chi connectivity index (χ1) is 12.1. The maximum absolute atomic E-state index is 4.76. The molecule has 2 rings (SSSR count). The van der Waals surface area contributed by atoms with E-state index < -0.39 is 0 Å². The largest absolute Gasteiger partial charge is 0.356 e. The van der Waals surface area contributed by atoms with Crippen molar-refractivity contribution < 1.29 is 0 Å². The number of halogens is 1. The third-order valence-corrected chi connectivity index (χ3v) is 5.84. The van der Waals surface area contributed by atoms with Crippen LogP contribution < -0.4 is 10.6 Å². The SMILES string of the molecule is CCC1CCC(NC(=NCc2nnc(C)n2C)NCCCSC)CC1.I. The molecule has 0 bridgehead atoms. The predicted molar refractivity (Wildman–Crippen MR) is 122 cm³/mol. The van der Waals surface area contributed by atoms with Gasteiger partial charge in [-0.15, -0.1) is 34.2 Å². The maximum Gasteiger partial charge on any atom is 0.191 e. The minimum Gasteiger partial charge on any atom is -0.356 e. The molecule has 26 heavy (non-hydrogen) atoms. The van der Waals surface area contributed by atoms with Crippen LogP contribution in [0, 0.1) is 12.8 Å². The fraction of sp³-hybridized carbons (Fsp3) is 0.833.